The molecule has 144 valence electrons. The molecule has 0 aromatic rings. The van der Waals surface area contributed by atoms with Crippen molar-refractivity contribution in [3.63, 3.8) is 0 Å². The second kappa shape index (κ2) is 8.44. The summed E-state index contributed by atoms with van der Waals surface area (Å²) in [7, 11) is 3.01. The first-order valence-corrected chi connectivity index (χ1v) is 8.90. The highest BCUT2D eigenvalue weighted by Crippen LogP contribution is 2.43. The number of β-amino-alcohol motifs (C(OH)–C–C–N with tert-alkyl or cyclic N) is 1. The molecule has 8 nitrogen and oxygen atoms in total. The van der Waals surface area contributed by atoms with Crippen molar-refractivity contribution in [3.05, 3.63) is 0 Å². The van der Waals surface area contributed by atoms with E-state index in [2.05, 4.69) is 4.90 Å². The number of piperidine rings is 1. The highest BCUT2D eigenvalue weighted by molar-refractivity contribution is 5.85. The van der Waals surface area contributed by atoms with Gasteiger partial charge in [0, 0.05) is 40.3 Å². The van der Waals surface area contributed by atoms with E-state index in [1.54, 1.807) is 0 Å². The maximum Gasteiger partial charge on any atom is 0.237 e. The fourth-order valence-electron chi connectivity index (χ4n) is 4.26. The Balaban J connectivity index is 2.01. The van der Waals surface area contributed by atoms with E-state index in [0.29, 0.717) is 6.54 Å². The Labute approximate surface area is 149 Å². The number of nitrogens with two attached hydrogens (primary N) is 1. The molecule has 0 aromatic heterocycles. The number of fused-ring (bicyclic) bond motifs is 2. The third kappa shape index (κ3) is 4.31. The summed E-state index contributed by atoms with van der Waals surface area (Å²) in [5.41, 5.74) is 5.06. The van der Waals surface area contributed by atoms with Crippen LogP contribution in [0.3, 0.4) is 0 Å². The van der Waals surface area contributed by atoms with Crippen molar-refractivity contribution in [2.45, 2.75) is 63.0 Å². The monoisotopic (exact) mass is 357 g/mol. The molecule has 0 aromatic carbocycles. The number of aliphatic hydroxyl groups is 1. The zero-order valence-corrected chi connectivity index (χ0v) is 15.4. The number of amides is 2. The minimum atomic E-state index is -0.768. The number of carbonyl (C=O) groups excluding carboxylic acids is 2. The van der Waals surface area contributed by atoms with Crippen LogP contribution in [-0.2, 0) is 19.1 Å². The van der Waals surface area contributed by atoms with Gasteiger partial charge in [-0.15, -0.1) is 0 Å². The number of ether oxygens (including phenoxy) is 2. The van der Waals surface area contributed by atoms with E-state index in [4.69, 9.17) is 15.2 Å². The quantitative estimate of drug-likeness (QED) is 0.548. The first kappa shape index (κ1) is 20.1. The second-order valence-corrected chi connectivity index (χ2v) is 7.11. The zero-order chi connectivity index (χ0) is 18.6. The largest absolute Gasteiger partial charge is 0.390 e. The Kier molecular flexibility index (Phi) is 6.79. The normalized spacial score (nSPS) is 27.5. The van der Waals surface area contributed by atoms with Gasteiger partial charge in [0.05, 0.1) is 12.6 Å². The summed E-state index contributed by atoms with van der Waals surface area (Å²) >= 11 is 0. The lowest BCUT2D eigenvalue weighted by Gasteiger charge is -2.44. The van der Waals surface area contributed by atoms with Crippen LogP contribution < -0.4 is 5.73 Å². The minimum Gasteiger partial charge on any atom is -0.390 e. The van der Waals surface area contributed by atoms with Crippen LogP contribution in [0.4, 0.5) is 0 Å². The van der Waals surface area contributed by atoms with Crippen molar-refractivity contribution in [3.8, 4) is 0 Å². The molecule has 2 bridgehead atoms. The van der Waals surface area contributed by atoms with Crippen LogP contribution in [0.15, 0.2) is 0 Å². The molecule has 2 saturated heterocycles. The van der Waals surface area contributed by atoms with Gasteiger partial charge >= 0.3 is 0 Å². The summed E-state index contributed by atoms with van der Waals surface area (Å²) in [5, 5.41) is 10.6. The standard InChI is InChI=1S/C17H31N3O5/c1-12(21)19(11-15(24-2)25-3)9-14(22)10-20-13-5-4-7-17(20,8-6-13)16(18)23/h13-15,22H,4-11H2,1-3H3,(H2,18,23)/t13-,14?,17+/m1/s1. The number of methoxy groups -OCH3 is 2. The van der Waals surface area contributed by atoms with Gasteiger partial charge in [-0.1, -0.05) is 0 Å². The molecule has 2 aliphatic rings. The number of hydrogen-bond donors (Lipinski definition) is 2. The van der Waals surface area contributed by atoms with Crippen molar-refractivity contribution < 1.29 is 24.2 Å². The molecule has 0 spiro atoms. The van der Waals surface area contributed by atoms with Crippen molar-refractivity contribution >= 4 is 11.8 Å². The van der Waals surface area contributed by atoms with Gasteiger partial charge in [-0.25, -0.2) is 0 Å². The van der Waals surface area contributed by atoms with Gasteiger partial charge in [0.2, 0.25) is 11.8 Å². The summed E-state index contributed by atoms with van der Waals surface area (Å²) in [4.78, 5) is 27.5. The van der Waals surface area contributed by atoms with E-state index in [-0.39, 0.29) is 30.9 Å². The molecule has 2 aliphatic heterocycles. The number of aliphatic hydroxyl groups excluding tert-OH is 1. The van der Waals surface area contributed by atoms with E-state index in [1.807, 2.05) is 0 Å². The minimum absolute atomic E-state index is 0.163. The average Bonchev–Trinajstić information content (AvgIpc) is 2.77. The fourth-order valence-corrected chi connectivity index (χ4v) is 4.26. The molecule has 3 N–H and O–H groups in total. The van der Waals surface area contributed by atoms with E-state index < -0.39 is 17.9 Å². The lowest BCUT2D eigenvalue weighted by molar-refractivity contribution is -0.147. The highest BCUT2D eigenvalue weighted by Gasteiger charge is 2.52. The van der Waals surface area contributed by atoms with Crippen molar-refractivity contribution in [2.75, 3.05) is 33.9 Å². The molecule has 2 amide bonds. The third-order valence-corrected chi connectivity index (χ3v) is 5.65. The molecule has 2 fully saturated rings. The number of hydrogen-bond acceptors (Lipinski definition) is 6. The van der Waals surface area contributed by atoms with Gasteiger partial charge in [0.1, 0.15) is 5.54 Å². The van der Waals surface area contributed by atoms with Gasteiger partial charge in [-0.05, 0) is 32.1 Å². The van der Waals surface area contributed by atoms with Crippen LogP contribution in [0.1, 0.15) is 39.0 Å². The average molecular weight is 357 g/mol. The van der Waals surface area contributed by atoms with E-state index >= 15 is 0 Å². The highest BCUT2D eigenvalue weighted by atomic mass is 16.7. The smallest absolute Gasteiger partial charge is 0.237 e. The lowest BCUT2D eigenvalue weighted by Crippen LogP contribution is -2.60. The van der Waals surface area contributed by atoms with E-state index in [1.165, 1.54) is 26.0 Å². The SMILES string of the molecule is COC(CN(CC(O)CN1[C@@H]2CCC[C@@]1(C(N)=O)CC2)C(C)=O)OC. The zero-order valence-electron chi connectivity index (χ0n) is 15.4. The molecule has 2 rings (SSSR count). The van der Waals surface area contributed by atoms with Gasteiger partial charge in [-0.3, -0.25) is 14.5 Å². The van der Waals surface area contributed by atoms with Crippen molar-refractivity contribution in [2.24, 2.45) is 5.73 Å². The summed E-state index contributed by atoms with van der Waals surface area (Å²) in [6, 6.07) is 0.285. The topological polar surface area (TPSA) is 105 Å². The van der Waals surface area contributed by atoms with Crippen LogP contribution in [0.2, 0.25) is 0 Å². The first-order chi connectivity index (χ1) is 11.8. The maximum atomic E-state index is 12.1. The number of primary amides is 1. The number of rotatable bonds is 9. The Morgan fingerprint density at radius 3 is 2.52 bits per heavy atom. The summed E-state index contributed by atoms with van der Waals surface area (Å²) in [6.07, 6.45) is 3.14. The number of nitrogens with zero attached hydrogens (tertiary/aromatic N) is 2. The molecule has 0 aliphatic carbocycles. The predicted molar refractivity (Wildman–Crippen MR) is 91.6 cm³/mol. The summed E-state index contributed by atoms with van der Waals surface area (Å²) < 4.78 is 10.3. The predicted octanol–water partition coefficient (Wildman–Crippen LogP) is -0.313. The van der Waals surface area contributed by atoms with E-state index in [9.17, 15) is 14.7 Å². The van der Waals surface area contributed by atoms with Crippen LogP contribution in [0, 0.1) is 0 Å². The van der Waals surface area contributed by atoms with Crippen molar-refractivity contribution in [1.82, 2.24) is 9.80 Å². The molecule has 0 radical (unpaired) electrons. The molecular formula is C17H31N3O5. The summed E-state index contributed by atoms with van der Waals surface area (Å²) in [6.45, 7) is 2.19. The van der Waals surface area contributed by atoms with Crippen molar-refractivity contribution in [1.29, 1.82) is 0 Å². The first-order valence-electron chi connectivity index (χ1n) is 8.90. The molecule has 3 atom stereocenters. The Hall–Kier alpha value is -1.22. The third-order valence-electron chi connectivity index (χ3n) is 5.65. The van der Waals surface area contributed by atoms with E-state index in [0.717, 1.165) is 32.1 Å². The van der Waals surface area contributed by atoms with Gasteiger partial charge in [0.15, 0.2) is 6.29 Å². The fraction of sp³-hybridized carbons (Fsp3) is 0.882. The van der Waals surface area contributed by atoms with Gasteiger partial charge in [0.25, 0.3) is 0 Å². The van der Waals surface area contributed by atoms with Crippen LogP contribution in [0.5, 0.6) is 0 Å². The Morgan fingerprint density at radius 2 is 1.96 bits per heavy atom. The number of carbonyl (C=O) groups is 2. The van der Waals surface area contributed by atoms with Crippen LogP contribution >= 0.6 is 0 Å². The van der Waals surface area contributed by atoms with Crippen LogP contribution in [-0.4, -0.2) is 84.5 Å². The molecular weight excluding hydrogens is 326 g/mol. The van der Waals surface area contributed by atoms with Crippen LogP contribution in [0.25, 0.3) is 0 Å². The molecule has 0 saturated carbocycles. The molecule has 8 heteroatoms. The summed E-state index contributed by atoms with van der Waals surface area (Å²) in [5.74, 6) is -0.464. The molecule has 25 heavy (non-hydrogen) atoms. The van der Waals surface area contributed by atoms with Gasteiger partial charge in [-0.2, -0.15) is 0 Å². The molecule has 2 heterocycles. The molecule has 1 unspecified atom stereocenters. The lowest BCUT2D eigenvalue weighted by atomic mass is 9.87. The maximum absolute atomic E-state index is 12.1. The Morgan fingerprint density at radius 1 is 1.28 bits per heavy atom. The Bertz CT molecular complexity index is 481. The second-order valence-electron chi connectivity index (χ2n) is 7.11. The van der Waals surface area contributed by atoms with Gasteiger partial charge < -0.3 is 25.2 Å².